The number of benzene rings is 2. The first-order chi connectivity index (χ1) is 12.7. The smallest absolute Gasteiger partial charge is 0.0702 e. The molecule has 3 N–H and O–H groups in total. The Morgan fingerprint density at radius 1 is 1.04 bits per heavy atom. The predicted octanol–water partition coefficient (Wildman–Crippen LogP) is 5.28. The van der Waals surface area contributed by atoms with Crippen LogP contribution in [-0.4, -0.2) is 16.5 Å². The Labute approximate surface area is 154 Å². The molecule has 0 aliphatic rings. The second-order valence-electron chi connectivity index (χ2n) is 7.07. The van der Waals surface area contributed by atoms with Crippen LogP contribution in [0.3, 0.4) is 0 Å². The molecule has 0 bridgehead atoms. The highest BCUT2D eigenvalue weighted by Crippen LogP contribution is 2.34. The lowest BCUT2D eigenvalue weighted by molar-refractivity contribution is 0.748. The first kappa shape index (κ1) is 16.8. The van der Waals surface area contributed by atoms with E-state index in [1.807, 2.05) is 12.3 Å². The number of H-pyrrole nitrogens is 1. The Bertz CT molecular complexity index is 1080. The maximum absolute atomic E-state index is 5.72. The van der Waals surface area contributed by atoms with Crippen LogP contribution in [-0.2, 0) is 6.42 Å². The van der Waals surface area contributed by atoms with Gasteiger partial charge in [-0.05, 0) is 68.5 Å². The van der Waals surface area contributed by atoms with Crippen LogP contribution in [0.15, 0.2) is 48.7 Å². The summed E-state index contributed by atoms with van der Waals surface area (Å²) in [5.74, 6) is 0. The summed E-state index contributed by atoms with van der Waals surface area (Å²) in [5, 5.41) is 2.50. The molecule has 0 unspecified atom stereocenters. The van der Waals surface area contributed by atoms with E-state index in [9.17, 15) is 0 Å². The molecule has 0 atom stereocenters. The van der Waals surface area contributed by atoms with Crippen LogP contribution in [0.5, 0.6) is 0 Å². The third-order valence-corrected chi connectivity index (χ3v) is 5.37. The predicted molar refractivity (Wildman–Crippen MR) is 111 cm³/mol. The van der Waals surface area contributed by atoms with E-state index >= 15 is 0 Å². The van der Waals surface area contributed by atoms with Crippen LogP contribution in [0.2, 0.25) is 0 Å². The molecule has 26 heavy (non-hydrogen) atoms. The quantitative estimate of drug-likeness (QED) is 0.484. The van der Waals surface area contributed by atoms with E-state index in [1.54, 1.807) is 0 Å². The lowest BCUT2D eigenvalue weighted by atomic mass is 9.98. The second-order valence-corrected chi connectivity index (χ2v) is 7.07. The van der Waals surface area contributed by atoms with Gasteiger partial charge in [-0.1, -0.05) is 30.3 Å². The highest BCUT2D eigenvalue weighted by atomic mass is 14.7. The molecule has 132 valence electrons. The molecule has 2 aromatic carbocycles. The lowest BCUT2D eigenvalue weighted by Crippen LogP contribution is -1.99. The molecule has 4 rings (SSSR count). The average Bonchev–Trinajstić information content (AvgIpc) is 3.04. The summed E-state index contributed by atoms with van der Waals surface area (Å²) in [6.07, 6.45) is 5.17. The summed E-state index contributed by atoms with van der Waals surface area (Å²) in [7, 11) is 0. The van der Waals surface area contributed by atoms with Gasteiger partial charge in [0.2, 0.25) is 0 Å². The maximum Gasteiger partial charge on any atom is 0.0702 e. The first-order valence-corrected chi connectivity index (χ1v) is 9.35. The third-order valence-electron chi connectivity index (χ3n) is 5.37. The van der Waals surface area contributed by atoms with E-state index in [4.69, 9.17) is 5.73 Å². The van der Waals surface area contributed by atoms with Gasteiger partial charge in [-0.25, -0.2) is 0 Å². The SMILES string of the molecule is Cc1ccc2c(CCCCN)c(-c3cnc4ccccc4c3)[nH]c2c1C. The van der Waals surface area contributed by atoms with E-state index in [1.165, 1.54) is 38.7 Å². The minimum Gasteiger partial charge on any atom is -0.354 e. The van der Waals surface area contributed by atoms with Gasteiger partial charge in [0, 0.05) is 28.0 Å². The van der Waals surface area contributed by atoms with Gasteiger partial charge < -0.3 is 10.7 Å². The second kappa shape index (κ2) is 6.93. The summed E-state index contributed by atoms with van der Waals surface area (Å²) in [4.78, 5) is 8.38. The molecule has 0 aliphatic heterocycles. The Hall–Kier alpha value is -2.65. The number of nitrogens with zero attached hydrogens (tertiary/aromatic N) is 1. The van der Waals surface area contributed by atoms with Crippen molar-refractivity contribution in [3.05, 3.63) is 65.4 Å². The van der Waals surface area contributed by atoms with E-state index in [0.29, 0.717) is 0 Å². The van der Waals surface area contributed by atoms with Crippen LogP contribution in [0, 0.1) is 13.8 Å². The topological polar surface area (TPSA) is 54.7 Å². The summed E-state index contributed by atoms with van der Waals surface area (Å²) in [5.41, 5.74) is 14.4. The zero-order valence-electron chi connectivity index (χ0n) is 15.5. The monoisotopic (exact) mass is 343 g/mol. The normalized spacial score (nSPS) is 11.5. The van der Waals surface area contributed by atoms with Crippen LogP contribution >= 0.6 is 0 Å². The fourth-order valence-corrected chi connectivity index (χ4v) is 3.72. The van der Waals surface area contributed by atoms with Crippen molar-refractivity contribution >= 4 is 21.8 Å². The lowest BCUT2D eigenvalue weighted by Gasteiger charge is -2.06. The molecule has 0 amide bonds. The van der Waals surface area contributed by atoms with Crippen molar-refractivity contribution in [1.82, 2.24) is 9.97 Å². The standard InChI is InChI=1S/C23H25N3/c1-15-10-11-20-19(8-5-6-12-24)23(26-22(20)16(15)2)18-13-17-7-3-4-9-21(17)25-14-18/h3-4,7,9-11,13-14,26H,5-6,8,12,24H2,1-2H3. The minimum absolute atomic E-state index is 0.743. The van der Waals surface area contributed by atoms with Gasteiger partial charge in [0.05, 0.1) is 11.2 Å². The zero-order chi connectivity index (χ0) is 18.1. The van der Waals surface area contributed by atoms with Gasteiger partial charge in [-0.3, -0.25) is 4.98 Å². The fraction of sp³-hybridized carbons (Fsp3) is 0.261. The molecule has 4 aromatic rings. The Morgan fingerprint density at radius 3 is 2.73 bits per heavy atom. The molecule has 0 fully saturated rings. The number of nitrogens with one attached hydrogen (secondary N) is 1. The molecular weight excluding hydrogens is 318 g/mol. The van der Waals surface area contributed by atoms with Gasteiger partial charge >= 0.3 is 0 Å². The van der Waals surface area contributed by atoms with Crippen molar-refractivity contribution in [2.75, 3.05) is 6.54 Å². The van der Waals surface area contributed by atoms with Crippen molar-refractivity contribution < 1.29 is 0 Å². The Morgan fingerprint density at radius 2 is 1.88 bits per heavy atom. The highest BCUT2D eigenvalue weighted by molar-refractivity contribution is 5.94. The molecule has 2 heterocycles. The summed E-state index contributed by atoms with van der Waals surface area (Å²) < 4.78 is 0. The van der Waals surface area contributed by atoms with Gasteiger partial charge in [-0.2, -0.15) is 0 Å². The number of hydrogen-bond donors (Lipinski definition) is 2. The highest BCUT2D eigenvalue weighted by Gasteiger charge is 2.15. The summed E-state index contributed by atoms with van der Waals surface area (Å²) in [6.45, 7) is 5.11. The number of aromatic nitrogens is 2. The van der Waals surface area contributed by atoms with E-state index in [2.05, 4.69) is 60.2 Å². The van der Waals surface area contributed by atoms with Crippen LogP contribution in [0.1, 0.15) is 29.5 Å². The number of aromatic amines is 1. The molecule has 0 aliphatic carbocycles. The average molecular weight is 343 g/mol. The Balaban J connectivity index is 1.91. The molecular formula is C23H25N3. The number of nitrogens with two attached hydrogens (primary N) is 1. The van der Waals surface area contributed by atoms with Crippen molar-refractivity contribution in [2.24, 2.45) is 5.73 Å². The van der Waals surface area contributed by atoms with Crippen LogP contribution in [0.25, 0.3) is 33.1 Å². The molecule has 3 heteroatoms. The van der Waals surface area contributed by atoms with Crippen molar-refractivity contribution in [1.29, 1.82) is 0 Å². The number of rotatable bonds is 5. The first-order valence-electron chi connectivity index (χ1n) is 9.35. The molecule has 0 radical (unpaired) electrons. The van der Waals surface area contributed by atoms with E-state index in [-0.39, 0.29) is 0 Å². The number of pyridine rings is 1. The van der Waals surface area contributed by atoms with E-state index in [0.717, 1.165) is 36.9 Å². The zero-order valence-corrected chi connectivity index (χ0v) is 15.5. The fourth-order valence-electron chi connectivity index (χ4n) is 3.72. The number of unbranched alkanes of at least 4 members (excludes halogenated alkanes) is 1. The molecule has 0 saturated carbocycles. The molecule has 3 nitrogen and oxygen atoms in total. The number of fused-ring (bicyclic) bond motifs is 2. The van der Waals surface area contributed by atoms with E-state index < -0.39 is 0 Å². The van der Waals surface area contributed by atoms with Gasteiger partial charge in [0.25, 0.3) is 0 Å². The largest absolute Gasteiger partial charge is 0.354 e. The van der Waals surface area contributed by atoms with Gasteiger partial charge in [-0.15, -0.1) is 0 Å². The molecule has 0 saturated heterocycles. The number of hydrogen-bond acceptors (Lipinski definition) is 2. The summed E-state index contributed by atoms with van der Waals surface area (Å²) >= 11 is 0. The number of para-hydroxylation sites is 1. The number of aryl methyl sites for hydroxylation is 3. The Kier molecular flexibility index (Phi) is 4.48. The van der Waals surface area contributed by atoms with Crippen molar-refractivity contribution in [3.8, 4) is 11.3 Å². The third kappa shape index (κ3) is 2.89. The minimum atomic E-state index is 0.743. The summed E-state index contributed by atoms with van der Waals surface area (Å²) in [6, 6.07) is 15.0. The molecule has 2 aromatic heterocycles. The van der Waals surface area contributed by atoms with Crippen molar-refractivity contribution in [2.45, 2.75) is 33.1 Å². The van der Waals surface area contributed by atoms with Crippen molar-refractivity contribution in [3.63, 3.8) is 0 Å². The van der Waals surface area contributed by atoms with Crippen LogP contribution in [0.4, 0.5) is 0 Å². The molecule has 0 spiro atoms. The van der Waals surface area contributed by atoms with Gasteiger partial charge in [0.1, 0.15) is 0 Å². The van der Waals surface area contributed by atoms with Crippen LogP contribution < -0.4 is 5.73 Å². The maximum atomic E-state index is 5.72. The van der Waals surface area contributed by atoms with Gasteiger partial charge in [0.15, 0.2) is 0 Å².